The molecule has 0 spiro atoms. The van der Waals surface area contributed by atoms with Gasteiger partial charge in [0, 0.05) is 69.7 Å². The Balaban J connectivity index is 1.17. The van der Waals surface area contributed by atoms with E-state index in [0.717, 1.165) is 51.3 Å². The fourth-order valence-corrected chi connectivity index (χ4v) is 6.82. The Labute approximate surface area is 262 Å². The predicted octanol–water partition coefficient (Wildman–Crippen LogP) is 4.05. The van der Waals surface area contributed by atoms with Crippen LogP contribution in [0.1, 0.15) is 34.6 Å². The third-order valence-electron chi connectivity index (χ3n) is 8.10. The number of nitrogens with zero attached hydrogens (tertiary/aromatic N) is 7. The number of nitrogen functional groups attached to an aromatic ring is 1. The third kappa shape index (κ3) is 6.58. The first kappa shape index (κ1) is 30.4. The Morgan fingerprint density at radius 2 is 2.02 bits per heavy atom. The average Bonchev–Trinajstić information content (AvgIpc) is 3.60. The van der Waals surface area contributed by atoms with Gasteiger partial charge >= 0.3 is 0 Å². The Morgan fingerprint density at radius 3 is 2.82 bits per heavy atom. The maximum atomic E-state index is 13.4. The molecule has 44 heavy (non-hydrogen) atoms. The van der Waals surface area contributed by atoms with E-state index < -0.39 is 6.43 Å². The number of piperidine rings is 1. The van der Waals surface area contributed by atoms with Gasteiger partial charge in [-0.15, -0.1) is 11.3 Å². The maximum Gasteiger partial charge on any atom is 0.280 e. The van der Waals surface area contributed by atoms with Crippen molar-refractivity contribution >= 4 is 45.9 Å². The molecule has 0 radical (unpaired) electrons. The maximum absolute atomic E-state index is 13.4. The summed E-state index contributed by atoms with van der Waals surface area (Å²) in [4.78, 5) is 28.6. The number of amides is 1. The number of alkyl halides is 2. The second-order valence-electron chi connectivity index (χ2n) is 11.1. The number of fused-ring (bicyclic) bond motifs is 1. The van der Waals surface area contributed by atoms with Crippen molar-refractivity contribution in [2.75, 3.05) is 70.1 Å². The van der Waals surface area contributed by atoms with Gasteiger partial charge in [0.25, 0.3) is 12.3 Å². The molecule has 2 saturated heterocycles. The minimum absolute atomic E-state index is 0.161. The topological polar surface area (TPSA) is 117 Å². The number of hydrogen-bond donors (Lipinski definition) is 2. The number of rotatable bonds is 9. The molecule has 2 aliphatic rings. The molecule has 11 nitrogen and oxygen atoms in total. The van der Waals surface area contributed by atoms with Gasteiger partial charge in [0.2, 0.25) is 0 Å². The van der Waals surface area contributed by atoms with Crippen molar-refractivity contribution in [1.29, 1.82) is 0 Å². The molecule has 4 aromatic heterocycles. The van der Waals surface area contributed by atoms with Crippen molar-refractivity contribution in [3.05, 3.63) is 51.7 Å². The first-order chi connectivity index (χ1) is 21.3. The molecule has 6 heterocycles. The van der Waals surface area contributed by atoms with E-state index in [0.29, 0.717) is 51.4 Å². The van der Waals surface area contributed by atoms with Gasteiger partial charge in [-0.2, -0.15) is 5.10 Å². The summed E-state index contributed by atoms with van der Waals surface area (Å²) in [7, 11) is 2.12. The van der Waals surface area contributed by atoms with Crippen LogP contribution in [0.15, 0.2) is 36.8 Å². The SMILES string of the molecule is CN1CCN(CCOc2cc(Cl)sc2C(=O)N[C@@H]2CCCN(c3cc(-c4ccnc(C(F)F)c4)n4ncnc(N)c34)C2)CC1. The molecule has 4 aromatic rings. The second kappa shape index (κ2) is 13.2. The van der Waals surface area contributed by atoms with Crippen LogP contribution in [0.2, 0.25) is 4.34 Å². The van der Waals surface area contributed by atoms with Crippen molar-refractivity contribution in [2.24, 2.45) is 0 Å². The van der Waals surface area contributed by atoms with E-state index in [-0.39, 0.29) is 23.5 Å². The highest BCUT2D eigenvalue weighted by molar-refractivity contribution is 7.18. The monoisotopic (exact) mass is 645 g/mol. The number of carbonyl (C=O) groups is 1. The Bertz CT molecular complexity index is 1630. The molecule has 3 N–H and O–H groups in total. The number of halogens is 3. The molecule has 0 aliphatic carbocycles. The quantitative estimate of drug-likeness (QED) is 0.278. The summed E-state index contributed by atoms with van der Waals surface area (Å²) in [5, 5.41) is 7.54. The number of pyridine rings is 1. The van der Waals surface area contributed by atoms with Crippen LogP contribution in [0.5, 0.6) is 5.75 Å². The summed E-state index contributed by atoms with van der Waals surface area (Å²) in [6.07, 6.45) is 1.59. The third-order valence-corrected chi connectivity index (χ3v) is 9.34. The first-order valence-corrected chi connectivity index (χ1v) is 15.7. The number of likely N-dealkylation sites (N-methyl/N-ethyl adjacent to an activating group) is 1. The molecular weight excluding hydrogens is 612 g/mol. The van der Waals surface area contributed by atoms with Crippen molar-refractivity contribution < 1.29 is 18.3 Å². The zero-order valence-corrected chi connectivity index (χ0v) is 25.8. The Kier molecular flexibility index (Phi) is 9.12. The van der Waals surface area contributed by atoms with E-state index in [1.54, 1.807) is 16.6 Å². The fraction of sp³-hybridized carbons (Fsp3) is 0.448. The summed E-state index contributed by atoms with van der Waals surface area (Å²) in [5.41, 5.74) is 8.45. The van der Waals surface area contributed by atoms with E-state index in [4.69, 9.17) is 22.1 Å². The molecule has 2 fully saturated rings. The van der Waals surface area contributed by atoms with Crippen molar-refractivity contribution in [1.82, 2.24) is 34.7 Å². The summed E-state index contributed by atoms with van der Waals surface area (Å²) in [5.74, 6) is 0.528. The highest BCUT2D eigenvalue weighted by Gasteiger charge is 2.28. The number of ether oxygens (including phenoxy) is 1. The highest BCUT2D eigenvalue weighted by Crippen LogP contribution is 2.36. The van der Waals surface area contributed by atoms with E-state index >= 15 is 0 Å². The molecule has 15 heteroatoms. The van der Waals surface area contributed by atoms with Crippen LogP contribution >= 0.6 is 22.9 Å². The number of nitrogens with one attached hydrogen (secondary N) is 1. The summed E-state index contributed by atoms with van der Waals surface area (Å²) < 4.78 is 35.0. The predicted molar refractivity (Wildman–Crippen MR) is 167 cm³/mol. The number of carbonyl (C=O) groups excluding carboxylic acids is 1. The van der Waals surface area contributed by atoms with Gasteiger partial charge in [-0.3, -0.25) is 14.7 Å². The molecule has 0 aromatic carbocycles. The molecular formula is C29H34ClF2N9O2S. The van der Waals surface area contributed by atoms with Crippen LogP contribution in [0.25, 0.3) is 16.8 Å². The van der Waals surface area contributed by atoms with E-state index in [9.17, 15) is 13.6 Å². The summed E-state index contributed by atoms with van der Waals surface area (Å²) in [6, 6.07) is 6.43. The molecule has 0 unspecified atom stereocenters. The van der Waals surface area contributed by atoms with E-state index in [1.165, 1.54) is 29.9 Å². The zero-order valence-electron chi connectivity index (χ0n) is 24.3. The van der Waals surface area contributed by atoms with Crippen LogP contribution in [0, 0.1) is 0 Å². The summed E-state index contributed by atoms with van der Waals surface area (Å²) >= 11 is 7.51. The molecule has 6 rings (SSSR count). The minimum atomic E-state index is -2.70. The van der Waals surface area contributed by atoms with Gasteiger partial charge in [-0.1, -0.05) is 11.6 Å². The van der Waals surface area contributed by atoms with Crippen LogP contribution in [0.3, 0.4) is 0 Å². The number of piperazine rings is 1. The van der Waals surface area contributed by atoms with Crippen LogP contribution in [-0.2, 0) is 0 Å². The molecule has 234 valence electrons. The van der Waals surface area contributed by atoms with Gasteiger partial charge < -0.3 is 25.6 Å². The number of nitrogens with two attached hydrogens (primary N) is 1. The van der Waals surface area contributed by atoms with Crippen LogP contribution in [0.4, 0.5) is 20.3 Å². The van der Waals surface area contributed by atoms with E-state index in [2.05, 4.69) is 42.1 Å². The average molecular weight is 646 g/mol. The standard InChI is InChI=1S/C29H34ClF2N9O2S/c1-38-7-9-39(10-8-38)11-12-43-23-15-24(30)44-26(23)29(42)37-19-3-2-6-40(16-19)22-14-21(41-25(22)28(33)35-17-36-41)18-4-5-34-20(13-18)27(31)32/h4-5,13-15,17,19,27H,2-3,6-12,16H2,1H3,(H,37,42)(H2,33,35,36)/t19-/m1/s1. The second-order valence-corrected chi connectivity index (χ2v) is 12.8. The van der Waals surface area contributed by atoms with Crippen LogP contribution in [-0.4, -0.2) is 101 Å². The lowest BCUT2D eigenvalue weighted by Gasteiger charge is -2.34. The smallest absolute Gasteiger partial charge is 0.280 e. The summed E-state index contributed by atoms with van der Waals surface area (Å²) in [6.45, 7) is 6.51. The lowest BCUT2D eigenvalue weighted by Crippen LogP contribution is -2.47. The van der Waals surface area contributed by atoms with Gasteiger partial charge in [0.1, 0.15) is 34.8 Å². The number of anilines is 2. The minimum Gasteiger partial charge on any atom is -0.490 e. The highest BCUT2D eigenvalue weighted by atomic mass is 35.5. The molecule has 0 bridgehead atoms. The fourth-order valence-electron chi connectivity index (χ4n) is 5.75. The first-order valence-electron chi connectivity index (χ1n) is 14.5. The van der Waals surface area contributed by atoms with Crippen molar-refractivity contribution in [3.8, 4) is 17.0 Å². The van der Waals surface area contributed by atoms with E-state index in [1.807, 2.05) is 6.07 Å². The number of aromatic nitrogens is 4. The molecule has 2 aliphatic heterocycles. The molecule has 1 atom stereocenters. The molecule has 0 saturated carbocycles. The molecule has 1 amide bonds. The number of hydrogen-bond acceptors (Lipinski definition) is 10. The lowest BCUT2D eigenvalue weighted by atomic mass is 10.0. The van der Waals surface area contributed by atoms with Crippen molar-refractivity contribution in [2.45, 2.75) is 25.3 Å². The van der Waals surface area contributed by atoms with Gasteiger partial charge in [0.15, 0.2) is 5.82 Å². The largest absolute Gasteiger partial charge is 0.490 e. The lowest BCUT2D eigenvalue weighted by molar-refractivity contribution is 0.0931. The zero-order chi connectivity index (χ0) is 30.8. The Morgan fingerprint density at radius 1 is 1.20 bits per heavy atom. The van der Waals surface area contributed by atoms with Crippen LogP contribution < -0.4 is 20.7 Å². The van der Waals surface area contributed by atoms with Gasteiger partial charge in [-0.25, -0.2) is 18.3 Å². The van der Waals surface area contributed by atoms with Gasteiger partial charge in [0.05, 0.1) is 15.7 Å². The Hall–Kier alpha value is -3.59. The van der Waals surface area contributed by atoms with Gasteiger partial charge in [-0.05, 0) is 38.1 Å². The normalized spacial score (nSPS) is 18.3. The number of thiophene rings is 1. The van der Waals surface area contributed by atoms with Crippen molar-refractivity contribution in [3.63, 3.8) is 0 Å².